The van der Waals surface area contributed by atoms with Crippen LogP contribution in [0.25, 0.3) is 0 Å². The van der Waals surface area contributed by atoms with E-state index in [0.29, 0.717) is 11.3 Å². The van der Waals surface area contributed by atoms with Crippen molar-refractivity contribution < 1.29 is 18.9 Å². The largest absolute Gasteiger partial charge is 0.344 e. The third-order valence-electron chi connectivity index (χ3n) is 3.37. The molecular weight excluding hydrogens is 329 g/mol. The van der Waals surface area contributed by atoms with E-state index in [0.717, 1.165) is 0 Å². The van der Waals surface area contributed by atoms with E-state index in [1.807, 2.05) is 0 Å². The molecule has 0 spiro atoms. The van der Waals surface area contributed by atoms with E-state index >= 15 is 0 Å². The Balaban J connectivity index is 2.12. The molecule has 0 fully saturated rings. The van der Waals surface area contributed by atoms with Crippen LogP contribution in [0.3, 0.4) is 0 Å². The molecule has 0 bridgehead atoms. The van der Waals surface area contributed by atoms with Crippen LogP contribution in [0, 0.1) is 15.9 Å². The zero-order chi connectivity index (χ0) is 18.4. The van der Waals surface area contributed by atoms with Crippen molar-refractivity contribution in [3.63, 3.8) is 0 Å². The van der Waals surface area contributed by atoms with Crippen molar-refractivity contribution in [2.75, 3.05) is 5.32 Å². The molecule has 0 aliphatic heterocycles. The van der Waals surface area contributed by atoms with Crippen LogP contribution in [0.2, 0.25) is 0 Å². The van der Waals surface area contributed by atoms with Gasteiger partial charge in [-0.15, -0.1) is 0 Å². The average molecular weight is 345 g/mol. The highest BCUT2D eigenvalue weighted by atomic mass is 19.1. The lowest BCUT2D eigenvalue weighted by Crippen LogP contribution is -2.44. The van der Waals surface area contributed by atoms with E-state index in [2.05, 4.69) is 10.6 Å². The highest BCUT2D eigenvalue weighted by Gasteiger charge is 2.20. The van der Waals surface area contributed by atoms with Crippen LogP contribution in [-0.2, 0) is 16.0 Å². The number of carbonyl (C=O) groups is 2. The summed E-state index contributed by atoms with van der Waals surface area (Å²) < 4.78 is 13.3. The minimum Gasteiger partial charge on any atom is -0.344 e. The molecule has 130 valence electrons. The Labute approximate surface area is 143 Å². The van der Waals surface area contributed by atoms with Crippen molar-refractivity contribution in [2.45, 2.75) is 19.4 Å². The van der Waals surface area contributed by atoms with Crippen LogP contribution in [-0.4, -0.2) is 22.8 Å². The number of nitrogens with one attached hydrogen (secondary N) is 2. The maximum absolute atomic E-state index is 13.3. The summed E-state index contributed by atoms with van der Waals surface area (Å²) in [5.41, 5.74) is 0.805. The van der Waals surface area contributed by atoms with Crippen LogP contribution in [0.15, 0.2) is 48.5 Å². The number of hydrogen-bond acceptors (Lipinski definition) is 4. The van der Waals surface area contributed by atoms with Crippen molar-refractivity contribution in [1.29, 1.82) is 0 Å². The third-order valence-corrected chi connectivity index (χ3v) is 3.37. The van der Waals surface area contributed by atoms with Gasteiger partial charge in [-0.25, -0.2) is 4.39 Å². The van der Waals surface area contributed by atoms with Gasteiger partial charge in [0.2, 0.25) is 11.8 Å². The molecular formula is C17H16FN3O4. The van der Waals surface area contributed by atoms with Gasteiger partial charge in [-0.3, -0.25) is 19.7 Å². The monoisotopic (exact) mass is 345 g/mol. The normalized spacial score (nSPS) is 11.4. The van der Waals surface area contributed by atoms with Gasteiger partial charge >= 0.3 is 0 Å². The lowest BCUT2D eigenvalue weighted by molar-refractivity contribution is -0.384. The Morgan fingerprint density at radius 2 is 1.88 bits per heavy atom. The summed E-state index contributed by atoms with van der Waals surface area (Å²) in [4.78, 5) is 33.8. The van der Waals surface area contributed by atoms with Crippen molar-refractivity contribution in [3.8, 4) is 0 Å². The first kappa shape index (κ1) is 18.1. The minimum atomic E-state index is -0.908. The topological polar surface area (TPSA) is 101 Å². The fourth-order valence-electron chi connectivity index (χ4n) is 2.25. The summed E-state index contributed by atoms with van der Waals surface area (Å²) in [6, 6.07) is 10.1. The molecule has 0 heterocycles. The Hall–Kier alpha value is -3.29. The molecule has 0 aliphatic rings. The smallest absolute Gasteiger partial charge is 0.269 e. The van der Waals surface area contributed by atoms with E-state index in [4.69, 9.17) is 0 Å². The third kappa shape index (κ3) is 5.38. The van der Waals surface area contributed by atoms with E-state index in [9.17, 15) is 24.1 Å². The second-order valence-corrected chi connectivity index (χ2v) is 5.38. The van der Waals surface area contributed by atoms with Crippen molar-refractivity contribution in [2.24, 2.45) is 0 Å². The van der Waals surface area contributed by atoms with Gasteiger partial charge in [-0.2, -0.15) is 0 Å². The van der Waals surface area contributed by atoms with Crippen LogP contribution in [0.4, 0.5) is 15.8 Å². The summed E-state index contributed by atoms with van der Waals surface area (Å²) in [7, 11) is 0. The second kappa shape index (κ2) is 8.00. The molecule has 8 heteroatoms. The average Bonchev–Trinajstić information content (AvgIpc) is 2.54. The van der Waals surface area contributed by atoms with Crippen molar-refractivity contribution >= 4 is 23.2 Å². The van der Waals surface area contributed by atoms with Gasteiger partial charge in [-0.05, 0) is 29.8 Å². The molecule has 2 N–H and O–H groups in total. The number of benzene rings is 2. The number of carbonyl (C=O) groups excluding carboxylic acids is 2. The van der Waals surface area contributed by atoms with Gasteiger partial charge in [0, 0.05) is 31.2 Å². The van der Waals surface area contributed by atoms with Crippen molar-refractivity contribution in [1.82, 2.24) is 5.32 Å². The quantitative estimate of drug-likeness (QED) is 0.620. The fourth-order valence-corrected chi connectivity index (χ4v) is 2.25. The molecule has 0 saturated heterocycles. The number of anilines is 1. The molecule has 2 rings (SSSR count). The summed E-state index contributed by atoms with van der Waals surface area (Å²) in [5, 5.41) is 15.7. The number of halogens is 1. The van der Waals surface area contributed by atoms with Crippen LogP contribution >= 0.6 is 0 Å². The molecule has 2 amide bonds. The first-order chi connectivity index (χ1) is 11.8. The second-order valence-electron chi connectivity index (χ2n) is 5.38. The summed E-state index contributed by atoms with van der Waals surface area (Å²) >= 11 is 0. The van der Waals surface area contributed by atoms with Gasteiger partial charge in [0.15, 0.2) is 0 Å². The molecule has 0 saturated carbocycles. The standard InChI is InChI=1S/C17H16FN3O4/c1-11(22)19-16(10-12-3-2-4-13(18)9-12)17(23)20-14-5-7-15(8-6-14)21(24)25/h2-9,16H,10H2,1H3,(H,19,22)(H,20,23). The maximum atomic E-state index is 13.3. The first-order valence-corrected chi connectivity index (χ1v) is 7.42. The zero-order valence-corrected chi connectivity index (χ0v) is 13.4. The molecule has 2 aromatic rings. The molecule has 0 radical (unpaired) electrons. The fraction of sp³-hybridized carbons (Fsp3) is 0.176. The lowest BCUT2D eigenvalue weighted by atomic mass is 10.0. The molecule has 0 aliphatic carbocycles. The number of nitro benzene ring substituents is 1. The van der Waals surface area contributed by atoms with Crippen molar-refractivity contribution in [3.05, 3.63) is 70.0 Å². The molecule has 1 unspecified atom stereocenters. The van der Waals surface area contributed by atoms with Crippen LogP contribution < -0.4 is 10.6 Å². The van der Waals surface area contributed by atoms with E-state index in [1.165, 1.54) is 49.4 Å². The van der Waals surface area contributed by atoms with Gasteiger partial charge in [0.1, 0.15) is 11.9 Å². The summed E-state index contributed by atoms with van der Waals surface area (Å²) in [5.74, 6) is -1.34. The Morgan fingerprint density at radius 3 is 2.44 bits per heavy atom. The molecule has 1 atom stereocenters. The number of nitrogens with zero attached hydrogens (tertiary/aromatic N) is 1. The SMILES string of the molecule is CC(=O)NC(Cc1cccc(F)c1)C(=O)Nc1ccc([N+](=O)[O-])cc1. The van der Waals surface area contributed by atoms with Crippen LogP contribution in [0.1, 0.15) is 12.5 Å². The highest BCUT2D eigenvalue weighted by molar-refractivity contribution is 5.97. The predicted octanol–water partition coefficient (Wildman–Crippen LogP) is 2.42. The van der Waals surface area contributed by atoms with E-state index in [1.54, 1.807) is 6.07 Å². The Bertz CT molecular complexity index is 793. The van der Waals surface area contributed by atoms with Crippen LogP contribution in [0.5, 0.6) is 0 Å². The maximum Gasteiger partial charge on any atom is 0.269 e. The highest BCUT2D eigenvalue weighted by Crippen LogP contribution is 2.16. The molecule has 25 heavy (non-hydrogen) atoms. The number of nitro groups is 1. The van der Waals surface area contributed by atoms with Gasteiger partial charge in [0.25, 0.3) is 5.69 Å². The molecule has 0 aromatic heterocycles. The summed E-state index contributed by atoms with van der Waals surface area (Å²) in [6.07, 6.45) is 0.107. The number of amides is 2. The zero-order valence-electron chi connectivity index (χ0n) is 13.4. The lowest BCUT2D eigenvalue weighted by Gasteiger charge is -2.18. The number of non-ortho nitro benzene ring substituents is 1. The van der Waals surface area contributed by atoms with Gasteiger partial charge < -0.3 is 10.6 Å². The van der Waals surface area contributed by atoms with E-state index < -0.39 is 28.6 Å². The number of hydrogen-bond donors (Lipinski definition) is 2. The number of rotatable bonds is 6. The summed E-state index contributed by atoms with van der Waals surface area (Å²) in [6.45, 7) is 1.28. The van der Waals surface area contributed by atoms with Gasteiger partial charge in [0.05, 0.1) is 4.92 Å². The minimum absolute atomic E-state index is 0.101. The first-order valence-electron chi connectivity index (χ1n) is 7.42. The Morgan fingerprint density at radius 1 is 1.20 bits per heavy atom. The molecule has 2 aromatic carbocycles. The molecule has 7 nitrogen and oxygen atoms in total. The van der Waals surface area contributed by atoms with E-state index in [-0.39, 0.29) is 12.1 Å². The van der Waals surface area contributed by atoms with Gasteiger partial charge in [-0.1, -0.05) is 12.1 Å². The predicted molar refractivity (Wildman–Crippen MR) is 89.4 cm³/mol. The Kier molecular flexibility index (Phi) is 5.78.